The van der Waals surface area contributed by atoms with Crippen molar-refractivity contribution in [3.63, 3.8) is 0 Å². The fraction of sp³-hybridized carbons (Fsp3) is 0.571. The molecule has 1 atom stereocenters. The van der Waals surface area contributed by atoms with Crippen molar-refractivity contribution >= 4 is 5.84 Å². The maximum absolute atomic E-state index is 9.92. The van der Waals surface area contributed by atoms with E-state index in [0.29, 0.717) is 18.8 Å². The van der Waals surface area contributed by atoms with Gasteiger partial charge in [0.25, 0.3) is 0 Å². The van der Waals surface area contributed by atoms with Crippen molar-refractivity contribution in [2.24, 2.45) is 16.3 Å². The number of hydrogen-bond donors (Lipinski definition) is 4. The van der Waals surface area contributed by atoms with E-state index in [0.717, 1.165) is 12.0 Å². The van der Waals surface area contributed by atoms with Crippen LogP contribution in [0.25, 0.3) is 0 Å². The van der Waals surface area contributed by atoms with Crippen molar-refractivity contribution in [2.45, 2.75) is 39.8 Å². The third kappa shape index (κ3) is 5.54. The number of amidine groups is 1. The highest BCUT2D eigenvalue weighted by Gasteiger charge is 2.16. The van der Waals surface area contributed by atoms with Crippen LogP contribution in [0.4, 0.5) is 0 Å². The molecule has 20 heavy (non-hydrogen) atoms. The van der Waals surface area contributed by atoms with Crippen molar-refractivity contribution in [1.29, 1.82) is 0 Å². The highest BCUT2D eigenvalue weighted by molar-refractivity contribution is 5.96. The quantitative estimate of drug-likeness (QED) is 0.270. The molecule has 0 aliphatic carbocycles. The van der Waals surface area contributed by atoms with Gasteiger partial charge in [-0.3, -0.25) is 4.98 Å². The molecule has 0 aliphatic rings. The zero-order valence-corrected chi connectivity index (χ0v) is 12.3. The van der Waals surface area contributed by atoms with Gasteiger partial charge in [0, 0.05) is 19.3 Å². The Morgan fingerprint density at radius 1 is 1.50 bits per heavy atom. The second-order valence-electron chi connectivity index (χ2n) is 6.05. The molecule has 0 saturated carbocycles. The molecule has 6 heteroatoms. The fourth-order valence-corrected chi connectivity index (χ4v) is 2.01. The summed E-state index contributed by atoms with van der Waals surface area (Å²) in [6.07, 6.45) is 1.91. The van der Waals surface area contributed by atoms with Gasteiger partial charge < -0.3 is 21.4 Å². The zero-order valence-electron chi connectivity index (χ0n) is 12.3. The van der Waals surface area contributed by atoms with Crippen LogP contribution in [-0.4, -0.2) is 33.8 Å². The molecule has 1 aromatic rings. The van der Waals surface area contributed by atoms with Crippen molar-refractivity contribution in [1.82, 2.24) is 10.3 Å². The summed E-state index contributed by atoms with van der Waals surface area (Å²) in [5.74, 6) is -0.0161. The van der Waals surface area contributed by atoms with E-state index in [1.165, 1.54) is 0 Å². The topological polar surface area (TPSA) is 104 Å². The molecule has 6 nitrogen and oxygen atoms in total. The molecular weight excluding hydrogens is 256 g/mol. The van der Waals surface area contributed by atoms with Crippen molar-refractivity contribution in [3.8, 4) is 0 Å². The summed E-state index contributed by atoms with van der Waals surface area (Å²) >= 11 is 0. The average Bonchev–Trinajstić information content (AvgIpc) is 2.36. The molecule has 0 bridgehead atoms. The summed E-state index contributed by atoms with van der Waals surface area (Å²) in [5.41, 5.74) is 6.94. The molecule has 1 heterocycles. The maximum atomic E-state index is 9.92. The summed E-state index contributed by atoms with van der Waals surface area (Å²) in [4.78, 5) is 4.09. The molecule has 1 rings (SSSR count). The number of aliphatic hydroxyl groups excluding tert-OH is 1. The molecular formula is C14H24N4O2. The molecule has 0 aromatic carbocycles. The van der Waals surface area contributed by atoms with E-state index in [1.54, 1.807) is 12.3 Å². The Bertz CT molecular complexity index is 455. The lowest BCUT2D eigenvalue weighted by Crippen LogP contribution is -2.30. The molecule has 112 valence electrons. The van der Waals surface area contributed by atoms with Gasteiger partial charge in [-0.05, 0) is 23.5 Å². The van der Waals surface area contributed by atoms with Crippen molar-refractivity contribution in [2.75, 3.05) is 6.54 Å². The van der Waals surface area contributed by atoms with Crippen LogP contribution >= 0.6 is 0 Å². The summed E-state index contributed by atoms with van der Waals surface area (Å²) < 4.78 is 0. The Hall–Kier alpha value is -1.66. The Kier molecular flexibility index (Phi) is 5.91. The molecule has 0 aliphatic heterocycles. The highest BCUT2D eigenvalue weighted by atomic mass is 16.4. The van der Waals surface area contributed by atoms with Crippen LogP contribution in [0.3, 0.4) is 0 Å². The summed E-state index contributed by atoms with van der Waals surface area (Å²) in [7, 11) is 0. The van der Waals surface area contributed by atoms with Gasteiger partial charge in [-0.25, -0.2) is 0 Å². The number of hydrogen-bond acceptors (Lipinski definition) is 5. The van der Waals surface area contributed by atoms with Gasteiger partial charge in [-0.1, -0.05) is 32.0 Å². The second kappa shape index (κ2) is 7.21. The van der Waals surface area contributed by atoms with Gasteiger partial charge >= 0.3 is 0 Å². The largest absolute Gasteiger partial charge is 0.409 e. The van der Waals surface area contributed by atoms with Crippen LogP contribution in [0.5, 0.6) is 0 Å². The SMILES string of the molecule is CC(C)(C)CC(O)CNCc1cccnc1/C(N)=N/O. The van der Waals surface area contributed by atoms with E-state index in [4.69, 9.17) is 10.9 Å². The van der Waals surface area contributed by atoms with Crippen LogP contribution in [0.2, 0.25) is 0 Å². The maximum Gasteiger partial charge on any atom is 0.189 e. The van der Waals surface area contributed by atoms with Gasteiger partial charge in [0.05, 0.1) is 6.10 Å². The van der Waals surface area contributed by atoms with Crippen LogP contribution in [0, 0.1) is 5.41 Å². The highest BCUT2D eigenvalue weighted by Crippen LogP contribution is 2.20. The van der Waals surface area contributed by atoms with Gasteiger partial charge in [-0.2, -0.15) is 0 Å². The van der Waals surface area contributed by atoms with Crippen LogP contribution < -0.4 is 11.1 Å². The Morgan fingerprint density at radius 2 is 2.20 bits per heavy atom. The van der Waals surface area contributed by atoms with E-state index >= 15 is 0 Å². The van der Waals surface area contributed by atoms with Crippen molar-refractivity contribution in [3.05, 3.63) is 29.6 Å². The molecule has 0 fully saturated rings. The number of oxime groups is 1. The molecule has 0 spiro atoms. The van der Waals surface area contributed by atoms with Crippen LogP contribution in [0.15, 0.2) is 23.5 Å². The lowest BCUT2D eigenvalue weighted by Gasteiger charge is -2.22. The molecule has 1 aromatic heterocycles. The Morgan fingerprint density at radius 3 is 2.80 bits per heavy atom. The number of nitrogens with zero attached hydrogens (tertiary/aromatic N) is 2. The summed E-state index contributed by atoms with van der Waals surface area (Å²) in [6.45, 7) is 7.26. The van der Waals surface area contributed by atoms with Crippen LogP contribution in [-0.2, 0) is 6.54 Å². The van der Waals surface area contributed by atoms with E-state index in [2.05, 4.69) is 36.2 Å². The predicted molar refractivity (Wildman–Crippen MR) is 78.5 cm³/mol. The number of nitrogens with one attached hydrogen (secondary N) is 1. The minimum absolute atomic E-state index is 0.0161. The van der Waals surface area contributed by atoms with Crippen molar-refractivity contribution < 1.29 is 10.3 Å². The second-order valence-corrected chi connectivity index (χ2v) is 6.05. The monoisotopic (exact) mass is 280 g/mol. The first kappa shape index (κ1) is 16.4. The van der Waals surface area contributed by atoms with Gasteiger partial charge in [-0.15, -0.1) is 0 Å². The number of rotatable bonds is 6. The van der Waals surface area contributed by atoms with Crippen LogP contribution in [0.1, 0.15) is 38.4 Å². The summed E-state index contributed by atoms with van der Waals surface area (Å²) in [5, 5.41) is 24.8. The number of aromatic nitrogens is 1. The van der Waals surface area contributed by atoms with E-state index in [-0.39, 0.29) is 11.3 Å². The average molecular weight is 280 g/mol. The number of aliphatic hydroxyl groups is 1. The van der Waals surface area contributed by atoms with E-state index in [9.17, 15) is 5.11 Å². The molecule has 1 unspecified atom stereocenters. The standard InChI is InChI=1S/C14H24N4O2/c1-14(2,3)7-11(19)9-16-8-10-5-4-6-17-12(10)13(15)18-20/h4-6,11,16,19-20H,7-9H2,1-3H3,(H2,15,18). The molecule has 0 saturated heterocycles. The zero-order chi connectivity index (χ0) is 15.2. The smallest absolute Gasteiger partial charge is 0.189 e. The third-order valence-corrected chi connectivity index (χ3v) is 2.79. The lowest BCUT2D eigenvalue weighted by atomic mass is 9.89. The first-order valence-electron chi connectivity index (χ1n) is 6.64. The first-order chi connectivity index (χ1) is 9.33. The molecule has 0 radical (unpaired) electrons. The first-order valence-corrected chi connectivity index (χ1v) is 6.64. The number of pyridine rings is 1. The summed E-state index contributed by atoms with van der Waals surface area (Å²) in [6, 6.07) is 3.64. The van der Waals surface area contributed by atoms with E-state index in [1.807, 2.05) is 6.07 Å². The Balaban J connectivity index is 2.55. The lowest BCUT2D eigenvalue weighted by molar-refractivity contribution is 0.119. The molecule has 5 N–H and O–H groups in total. The van der Waals surface area contributed by atoms with Gasteiger partial charge in [0.1, 0.15) is 5.69 Å². The van der Waals surface area contributed by atoms with Gasteiger partial charge in [0.2, 0.25) is 0 Å². The third-order valence-electron chi connectivity index (χ3n) is 2.79. The normalized spacial score (nSPS) is 14.3. The minimum Gasteiger partial charge on any atom is -0.409 e. The predicted octanol–water partition coefficient (Wildman–Crippen LogP) is 1.06. The Labute approximate surface area is 119 Å². The minimum atomic E-state index is -0.404. The van der Waals surface area contributed by atoms with Gasteiger partial charge in [0.15, 0.2) is 5.84 Å². The number of nitrogens with two attached hydrogens (primary N) is 1. The van der Waals surface area contributed by atoms with E-state index < -0.39 is 6.10 Å². The molecule has 0 amide bonds. The fourth-order valence-electron chi connectivity index (χ4n) is 2.01.